The summed E-state index contributed by atoms with van der Waals surface area (Å²) in [6.07, 6.45) is 2.31. The molecule has 0 radical (unpaired) electrons. The summed E-state index contributed by atoms with van der Waals surface area (Å²) in [6, 6.07) is 10.3. The van der Waals surface area contributed by atoms with E-state index < -0.39 is 0 Å². The Balaban J connectivity index is 1.82. The molecular formula is C16H22N4O. The minimum atomic E-state index is 0.0768. The summed E-state index contributed by atoms with van der Waals surface area (Å²) in [6.45, 7) is 5.26. The van der Waals surface area contributed by atoms with Gasteiger partial charge in [0.1, 0.15) is 0 Å². The molecule has 0 aliphatic carbocycles. The largest absolute Gasteiger partial charge is 0.354 e. The summed E-state index contributed by atoms with van der Waals surface area (Å²) < 4.78 is 0. The lowest BCUT2D eigenvalue weighted by Crippen LogP contribution is -2.32. The second kappa shape index (κ2) is 7.59. The van der Waals surface area contributed by atoms with Gasteiger partial charge in [0, 0.05) is 31.1 Å². The van der Waals surface area contributed by atoms with E-state index in [1.807, 2.05) is 50.4 Å². The van der Waals surface area contributed by atoms with Crippen LogP contribution in [0.2, 0.25) is 0 Å². The number of nitrogens with one attached hydrogen (secondary N) is 3. The number of aromatic amines is 1. The van der Waals surface area contributed by atoms with Gasteiger partial charge in [-0.3, -0.25) is 9.89 Å². The monoisotopic (exact) mass is 286 g/mol. The van der Waals surface area contributed by atoms with Gasteiger partial charge in [0.15, 0.2) is 0 Å². The topological polar surface area (TPSA) is 69.8 Å². The summed E-state index contributed by atoms with van der Waals surface area (Å²) in [5.74, 6) is 0.0768. The predicted octanol–water partition coefficient (Wildman–Crippen LogP) is 2.08. The summed E-state index contributed by atoms with van der Waals surface area (Å²) in [5, 5.41) is 13.3. The van der Waals surface area contributed by atoms with Crippen LogP contribution in [0.3, 0.4) is 0 Å². The van der Waals surface area contributed by atoms with Crippen LogP contribution in [-0.2, 0) is 11.3 Å². The van der Waals surface area contributed by atoms with Gasteiger partial charge in [-0.15, -0.1) is 0 Å². The number of hydrogen-bond acceptors (Lipinski definition) is 3. The highest BCUT2D eigenvalue weighted by atomic mass is 16.1. The van der Waals surface area contributed by atoms with Crippen molar-refractivity contribution in [1.29, 1.82) is 0 Å². The van der Waals surface area contributed by atoms with Gasteiger partial charge < -0.3 is 10.6 Å². The van der Waals surface area contributed by atoms with Crippen molar-refractivity contribution in [3.63, 3.8) is 0 Å². The van der Waals surface area contributed by atoms with Gasteiger partial charge in [-0.05, 0) is 19.4 Å². The Morgan fingerprint density at radius 1 is 1.29 bits per heavy atom. The molecule has 1 amide bonds. The van der Waals surface area contributed by atoms with Crippen molar-refractivity contribution in [2.75, 3.05) is 6.54 Å². The lowest BCUT2D eigenvalue weighted by Gasteiger charge is -2.09. The first-order valence-corrected chi connectivity index (χ1v) is 7.24. The lowest BCUT2D eigenvalue weighted by molar-refractivity contribution is -0.121. The van der Waals surface area contributed by atoms with Gasteiger partial charge in [0.25, 0.3) is 0 Å². The molecule has 0 fully saturated rings. The molecule has 0 aliphatic heterocycles. The third-order valence-electron chi connectivity index (χ3n) is 3.07. The smallest absolute Gasteiger partial charge is 0.221 e. The number of aromatic nitrogens is 2. The summed E-state index contributed by atoms with van der Waals surface area (Å²) >= 11 is 0. The number of amides is 1. The average Bonchev–Trinajstić information content (AvgIpc) is 2.92. The van der Waals surface area contributed by atoms with Crippen molar-refractivity contribution in [1.82, 2.24) is 20.8 Å². The minimum absolute atomic E-state index is 0.0768. The number of hydrogen-bond donors (Lipinski definition) is 3. The molecule has 3 N–H and O–H groups in total. The van der Waals surface area contributed by atoms with Crippen LogP contribution in [0.15, 0.2) is 36.5 Å². The van der Waals surface area contributed by atoms with Crippen LogP contribution in [0, 0.1) is 0 Å². The summed E-state index contributed by atoms with van der Waals surface area (Å²) in [7, 11) is 0. The van der Waals surface area contributed by atoms with Crippen LogP contribution < -0.4 is 10.6 Å². The Morgan fingerprint density at radius 3 is 2.76 bits per heavy atom. The number of nitrogens with zero attached hydrogens (tertiary/aromatic N) is 1. The number of benzene rings is 1. The van der Waals surface area contributed by atoms with Gasteiger partial charge in [0.05, 0.1) is 11.9 Å². The number of carbonyl (C=O) groups excluding carboxylic acids is 1. The highest BCUT2D eigenvalue weighted by molar-refractivity contribution is 5.76. The molecule has 0 aliphatic rings. The van der Waals surface area contributed by atoms with Crippen molar-refractivity contribution in [3.8, 4) is 11.3 Å². The fourth-order valence-corrected chi connectivity index (χ4v) is 2.12. The Hall–Kier alpha value is -2.14. The standard InChI is InChI=1S/C16H22N4O/c1-12(2)19-15(21)8-9-17-10-14-11-18-20-16(14)13-6-4-3-5-7-13/h3-7,11-12,17H,8-10H2,1-2H3,(H,18,20)(H,19,21). The molecule has 2 rings (SSSR count). The molecule has 5 heteroatoms. The molecule has 2 aromatic rings. The van der Waals surface area contributed by atoms with Crippen LogP contribution in [0.4, 0.5) is 0 Å². The maximum Gasteiger partial charge on any atom is 0.221 e. The molecule has 0 unspecified atom stereocenters. The highest BCUT2D eigenvalue weighted by Crippen LogP contribution is 2.20. The van der Waals surface area contributed by atoms with Crippen molar-refractivity contribution in [2.45, 2.75) is 32.9 Å². The van der Waals surface area contributed by atoms with E-state index in [9.17, 15) is 4.79 Å². The van der Waals surface area contributed by atoms with Crippen LogP contribution >= 0.6 is 0 Å². The van der Waals surface area contributed by atoms with E-state index in [4.69, 9.17) is 0 Å². The van der Waals surface area contributed by atoms with Crippen LogP contribution in [0.1, 0.15) is 25.8 Å². The Bertz CT molecular complexity index is 563. The third-order valence-corrected chi connectivity index (χ3v) is 3.07. The van der Waals surface area contributed by atoms with Gasteiger partial charge in [-0.1, -0.05) is 30.3 Å². The Labute approximate surface area is 125 Å². The Kier molecular flexibility index (Phi) is 5.51. The maximum atomic E-state index is 11.5. The van der Waals surface area contributed by atoms with Gasteiger partial charge in [-0.25, -0.2) is 0 Å². The van der Waals surface area contributed by atoms with Crippen LogP contribution in [-0.4, -0.2) is 28.7 Å². The van der Waals surface area contributed by atoms with E-state index in [0.29, 0.717) is 19.5 Å². The fraction of sp³-hybridized carbons (Fsp3) is 0.375. The molecule has 5 nitrogen and oxygen atoms in total. The predicted molar refractivity (Wildman–Crippen MR) is 83.6 cm³/mol. The third kappa shape index (κ3) is 4.72. The van der Waals surface area contributed by atoms with Gasteiger partial charge in [-0.2, -0.15) is 5.10 Å². The van der Waals surface area contributed by atoms with Crippen molar-refractivity contribution < 1.29 is 4.79 Å². The summed E-state index contributed by atoms with van der Waals surface area (Å²) in [4.78, 5) is 11.5. The van der Waals surface area contributed by atoms with E-state index in [1.165, 1.54) is 0 Å². The molecule has 0 atom stereocenters. The molecule has 0 saturated heterocycles. The van der Waals surface area contributed by atoms with Gasteiger partial charge >= 0.3 is 0 Å². The zero-order chi connectivity index (χ0) is 15.1. The summed E-state index contributed by atoms with van der Waals surface area (Å²) in [5.41, 5.74) is 3.24. The first kappa shape index (κ1) is 15.3. The Morgan fingerprint density at radius 2 is 2.05 bits per heavy atom. The zero-order valence-corrected chi connectivity index (χ0v) is 12.5. The average molecular weight is 286 g/mol. The molecule has 1 aromatic carbocycles. The second-order valence-electron chi connectivity index (χ2n) is 5.29. The quantitative estimate of drug-likeness (QED) is 0.683. The zero-order valence-electron chi connectivity index (χ0n) is 12.5. The fourth-order valence-electron chi connectivity index (χ4n) is 2.12. The van der Waals surface area contributed by atoms with Crippen LogP contribution in [0.25, 0.3) is 11.3 Å². The van der Waals surface area contributed by atoms with E-state index >= 15 is 0 Å². The molecule has 1 heterocycles. The van der Waals surface area contributed by atoms with E-state index in [0.717, 1.165) is 16.8 Å². The molecule has 1 aromatic heterocycles. The molecule has 0 spiro atoms. The lowest BCUT2D eigenvalue weighted by atomic mass is 10.1. The SMILES string of the molecule is CC(C)NC(=O)CCNCc1cn[nH]c1-c1ccccc1. The van der Waals surface area contributed by atoms with E-state index in [1.54, 1.807) is 0 Å². The number of carbonyl (C=O) groups is 1. The van der Waals surface area contributed by atoms with E-state index in [2.05, 4.69) is 20.8 Å². The van der Waals surface area contributed by atoms with Crippen LogP contribution in [0.5, 0.6) is 0 Å². The molecule has 0 saturated carbocycles. The molecule has 112 valence electrons. The maximum absolute atomic E-state index is 11.5. The molecule has 21 heavy (non-hydrogen) atoms. The first-order chi connectivity index (χ1) is 10.2. The normalized spacial score (nSPS) is 10.8. The number of rotatable bonds is 7. The van der Waals surface area contributed by atoms with Crippen molar-refractivity contribution in [2.24, 2.45) is 0 Å². The molecule has 0 bridgehead atoms. The first-order valence-electron chi connectivity index (χ1n) is 7.24. The second-order valence-corrected chi connectivity index (χ2v) is 5.29. The highest BCUT2D eigenvalue weighted by Gasteiger charge is 2.07. The van der Waals surface area contributed by atoms with Crippen molar-refractivity contribution >= 4 is 5.91 Å². The minimum Gasteiger partial charge on any atom is -0.354 e. The van der Waals surface area contributed by atoms with Crippen molar-refractivity contribution in [3.05, 3.63) is 42.1 Å². The number of H-pyrrole nitrogens is 1. The van der Waals surface area contributed by atoms with E-state index in [-0.39, 0.29) is 11.9 Å². The van der Waals surface area contributed by atoms with Gasteiger partial charge in [0.2, 0.25) is 5.91 Å². The molecular weight excluding hydrogens is 264 g/mol.